The van der Waals surface area contributed by atoms with Gasteiger partial charge in [-0.25, -0.2) is 0 Å². The van der Waals surface area contributed by atoms with Crippen LogP contribution in [0.25, 0.3) is 5.69 Å². The Morgan fingerprint density at radius 1 is 1.38 bits per heavy atom. The van der Waals surface area contributed by atoms with Gasteiger partial charge in [-0.3, -0.25) is 9.25 Å². The number of hydrogen-bond donors (Lipinski definition) is 0. The van der Waals surface area contributed by atoms with Gasteiger partial charge in [0.2, 0.25) is 5.28 Å². The molecule has 0 N–H and O–H groups in total. The van der Waals surface area contributed by atoms with Gasteiger partial charge in [0.05, 0.1) is 11.9 Å². The SMILES string of the molecule is CCn1cc(-n2c(Cl)nnc2C(C)C)cn1. The lowest BCUT2D eigenvalue weighted by Crippen LogP contribution is -2.02. The lowest BCUT2D eigenvalue weighted by Gasteiger charge is -2.06. The molecule has 16 heavy (non-hydrogen) atoms. The molecule has 0 aromatic carbocycles. The summed E-state index contributed by atoms with van der Waals surface area (Å²) in [5.74, 6) is 1.12. The molecule has 0 saturated carbocycles. The number of aryl methyl sites for hydroxylation is 1. The van der Waals surface area contributed by atoms with Crippen molar-refractivity contribution in [3.8, 4) is 5.69 Å². The molecule has 2 heterocycles. The molecule has 0 aliphatic rings. The molecule has 86 valence electrons. The van der Waals surface area contributed by atoms with Crippen LogP contribution >= 0.6 is 11.6 Å². The molecule has 0 unspecified atom stereocenters. The third kappa shape index (κ3) is 1.82. The molecule has 2 aromatic heterocycles. The first-order chi connectivity index (χ1) is 7.63. The summed E-state index contributed by atoms with van der Waals surface area (Å²) in [4.78, 5) is 0. The Morgan fingerprint density at radius 3 is 2.69 bits per heavy atom. The highest BCUT2D eigenvalue weighted by atomic mass is 35.5. The fraction of sp³-hybridized carbons (Fsp3) is 0.500. The predicted octanol–water partition coefficient (Wildman–Crippen LogP) is 2.26. The number of nitrogens with zero attached hydrogens (tertiary/aromatic N) is 5. The largest absolute Gasteiger partial charge is 0.271 e. The fourth-order valence-corrected chi connectivity index (χ4v) is 1.75. The highest BCUT2D eigenvalue weighted by Gasteiger charge is 2.15. The highest BCUT2D eigenvalue weighted by Crippen LogP contribution is 2.21. The van der Waals surface area contributed by atoms with Crippen LogP contribution in [0, 0.1) is 0 Å². The molecule has 5 nitrogen and oxygen atoms in total. The first-order valence-corrected chi connectivity index (χ1v) is 5.65. The molecule has 0 aliphatic carbocycles. The van der Waals surface area contributed by atoms with Crippen LogP contribution in [-0.4, -0.2) is 24.5 Å². The Labute approximate surface area is 99.1 Å². The van der Waals surface area contributed by atoms with E-state index in [4.69, 9.17) is 11.6 Å². The van der Waals surface area contributed by atoms with Crippen LogP contribution in [0.2, 0.25) is 5.28 Å². The van der Waals surface area contributed by atoms with E-state index in [1.807, 2.05) is 22.4 Å². The van der Waals surface area contributed by atoms with E-state index in [9.17, 15) is 0 Å². The monoisotopic (exact) mass is 239 g/mol. The maximum Gasteiger partial charge on any atom is 0.229 e. The van der Waals surface area contributed by atoms with Crippen LogP contribution in [0.5, 0.6) is 0 Å². The van der Waals surface area contributed by atoms with Crippen molar-refractivity contribution in [2.45, 2.75) is 33.2 Å². The van der Waals surface area contributed by atoms with E-state index in [2.05, 4.69) is 29.1 Å². The maximum atomic E-state index is 6.03. The van der Waals surface area contributed by atoms with E-state index in [1.54, 1.807) is 6.20 Å². The minimum Gasteiger partial charge on any atom is -0.271 e. The number of aromatic nitrogens is 5. The number of halogens is 1. The summed E-state index contributed by atoms with van der Waals surface area (Å²) in [5.41, 5.74) is 0.903. The molecule has 0 amide bonds. The van der Waals surface area contributed by atoms with Crippen molar-refractivity contribution in [1.29, 1.82) is 0 Å². The molecular weight excluding hydrogens is 226 g/mol. The summed E-state index contributed by atoms with van der Waals surface area (Å²) in [6, 6.07) is 0. The molecule has 0 spiro atoms. The van der Waals surface area contributed by atoms with Crippen molar-refractivity contribution in [1.82, 2.24) is 24.5 Å². The maximum absolute atomic E-state index is 6.03. The Bertz CT molecular complexity index is 485. The summed E-state index contributed by atoms with van der Waals surface area (Å²) < 4.78 is 3.67. The van der Waals surface area contributed by atoms with Gasteiger partial charge in [-0.15, -0.1) is 10.2 Å². The van der Waals surface area contributed by atoms with Crippen molar-refractivity contribution in [3.05, 3.63) is 23.5 Å². The van der Waals surface area contributed by atoms with Crippen LogP contribution in [0.15, 0.2) is 12.4 Å². The second-order valence-electron chi connectivity index (χ2n) is 3.87. The smallest absolute Gasteiger partial charge is 0.229 e. The second kappa shape index (κ2) is 4.25. The quantitative estimate of drug-likeness (QED) is 0.826. The van der Waals surface area contributed by atoms with Gasteiger partial charge < -0.3 is 0 Å². The zero-order valence-corrected chi connectivity index (χ0v) is 10.3. The first-order valence-electron chi connectivity index (χ1n) is 5.27. The summed E-state index contributed by atoms with van der Waals surface area (Å²) in [6.45, 7) is 6.98. The number of rotatable bonds is 3. The Hall–Kier alpha value is -1.36. The van der Waals surface area contributed by atoms with Crippen molar-refractivity contribution in [2.75, 3.05) is 0 Å². The van der Waals surface area contributed by atoms with Gasteiger partial charge in [0.1, 0.15) is 5.82 Å². The molecule has 0 aliphatic heterocycles. The average molecular weight is 240 g/mol. The van der Waals surface area contributed by atoms with Crippen LogP contribution in [0.3, 0.4) is 0 Å². The third-order valence-corrected chi connectivity index (χ3v) is 2.61. The van der Waals surface area contributed by atoms with Gasteiger partial charge >= 0.3 is 0 Å². The molecule has 2 rings (SSSR count). The normalized spacial score (nSPS) is 11.3. The topological polar surface area (TPSA) is 48.5 Å². The van der Waals surface area contributed by atoms with E-state index in [1.165, 1.54) is 0 Å². The lowest BCUT2D eigenvalue weighted by atomic mass is 10.2. The second-order valence-corrected chi connectivity index (χ2v) is 4.21. The number of hydrogen-bond acceptors (Lipinski definition) is 3. The van der Waals surface area contributed by atoms with Crippen LogP contribution in [-0.2, 0) is 6.54 Å². The van der Waals surface area contributed by atoms with Crippen molar-refractivity contribution in [2.24, 2.45) is 0 Å². The Balaban J connectivity index is 2.49. The summed E-state index contributed by atoms with van der Waals surface area (Å²) >= 11 is 6.03. The zero-order valence-electron chi connectivity index (χ0n) is 9.55. The molecule has 6 heteroatoms. The van der Waals surface area contributed by atoms with Crippen LogP contribution in [0.1, 0.15) is 32.5 Å². The average Bonchev–Trinajstić information content (AvgIpc) is 2.83. The Morgan fingerprint density at radius 2 is 2.12 bits per heavy atom. The van der Waals surface area contributed by atoms with E-state index in [0.717, 1.165) is 18.1 Å². The molecule has 0 radical (unpaired) electrons. The minimum atomic E-state index is 0.268. The van der Waals surface area contributed by atoms with Crippen LogP contribution in [0.4, 0.5) is 0 Å². The zero-order chi connectivity index (χ0) is 11.7. The summed E-state index contributed by atoms with van der Waals surface area (Å²) in [6.07, 6.45) is 3.70. The van der Waals surface area contributed by atoms with Gasteiger partial charge in [-0.05, 0) is 18.5 Å². The van der Waals surface area contributed by atoms with Gasteiger partial charge in [-0.1, -0.05) is 13.8 Å². The molecule has 2 aromatic rings. The van der Waals surface area contributed by atoms with E-state index in [0.29, 0.717) is 5.28 Å². The van der Waals surface area contributed by atoms with E-state index >= 15 is 0 Å². The van der Waals surface area contributed by atoms with Crippen molar-refractivity contribution in [3.63, 3.8) is 0 Å². The summed E-state index contributed by atoms with van der Waals surface area (Å²) in [5, 5.41) is 12.5. The highest BCUT2D eigenvalue weighted by molar-refractivity contribution is 6.28. The van der Waals surface area contributed by atoms with Gasteiger partial charge in [0, 0.05) is 18.7 Å². The van der Waals surface area contributed by atoms with Gasteiger partial charge in [-0.2, -0.15) is 5.10 Å². The fourth-order valence-electron chi connectivity index (χ4n) is 1.53. The Kier molecular flexibility index (Phi) is 2.96. The van der Waals surface area contributed by atoms with Gasteiger partial charge in [0.15, 0.2) is 0 Å². The molecule has 0 saturated heterocycles. The standard InChI is InChI=1S/C10H14ClN5/c1-4-15-6-8(5-12-15)16-9(7(2)3)13-14-10(16)11/h5-7H,4H2,1-3H3. The van der Waals surface area contributed by atoms with Crippen LogP contribution < -0.4 is 0 Å². The van der Waals surface area contributed by atoms with E-state index < -0.39 is 0 Å². The summed E-state index contributed by atoms with van der Waals surface area (Å²) in [7, 11) is 0. The lowest BCUT2D eigenvalue weighted by molar-refractivity contribution is 0.659. The molecule has 0 bridgehead atoms. The minimum absolute atomic E-state index is 0.268. The molecule has 0 fully saturated rings. The molecule has 0 atom stereocenters. The van der Waals surface area contributed by atoms with Crippen molar-refractivity contribution < 1.29 is 0 Å². The molecular formula is C10H14ClN5. The van der Waals surface area contributed by atoms with Crippen molar-refractivity contribution >= 4 is 11.6 Å². The van der Waals surface area contributed by atoms with E-state index in [-0.39, 0.29) is 5.92 Å². The van der Waals surface area contributed by atoms with Gasteiger partial charge in [0.25, 0.3) is 0 Å². The predicted molar refractivity (Wildman–Crippen MR) is 61.9 cm³/mol. The third-order valence-electron chi connectivity index (χ3n) is 2.37. The first kappa shape index (κ1) is 11.1.